The summed E-state index contributed by atoms with van der Waals surface area (Å²) < 4.78 is 2.76. The van der Waals surface area contributed by atoms with Crippen LogP contribution in [0.2, 0.25) is 0 Å². The average Bonchev–Trinajstić information content (AvgIpc) is 2.78. The van der Waals surface area contributed by atoms with Gasteiger partial charge >= 0.3 is 0 Å². The summed E-state index contributed by atoms with van der Waals surface area (Å²) in [5.74, 6) is 0.636. The summed E-state index contributed by atoms with van der Waals surface area (Å²) in [4.78, 5) is 4.18. The summed E-state index contributed by atoms with van der Waals surface area (Å²) in [7, 11) is 1.85. The van der Waals surface area contributed by atoms with Crippen LogP contribution in [-0.2, 0) is 7.05 Å². The Bertz CT molecular complexity index is 794. The molecule has 5 heteroatoms. The van der Waals surface area contributed by atoms with Crippen molar-refractivity contribution >= 4 is 21.7 Å². The predicted molar refractivity (Wildman–Crippen MR) is 88.7 cm³/mol. The lowest BCUT2D eigenvalue weighted by atomic mass is 9.99. The van der Waals surface area contributed by atoms with Crippen LogP contribution in [0.15, 0.2) is 47.2 Å². The van der Waals surface area contributed by atoms with E-state index < -0.39 is 0 Å². The minimum Gasteiger partial charge on any atom is -0.383 e. The zero-order chi connectivity index (χ0) is 15.0. The number of rotatable bonds is 2. The second-order valence-corrected chi connectivity index (χ2v) is 5.74. The number of nitrogens with zero attached hydrogens (tertiary/aromatic N) is 3. The fourth-order valence-electron chi connectivity index (χ4n) is 2.38. The molecule has 21 heavy (non-hydrogen) atoms. The Balaban J connectivity index is 2.30. The van der Waals surface area contributed by atoms with Gasteiger partial charge in [-0.15, -0.1) is 0 Å². The van der Waals surface area contributed by atoms with Crippen molar-refractivity contribution < 1.29 is 0 Å². The number of aryl methyl sites for hydroxylation is 1. The van der Waals surface area contributed by atoms with E-state index in [2.05, 4.69) is 39.0 Å². The molecule has 0 atom stereocenters. The smallest absolute Gasteiger partial charge is 0.129 e. The van der Waals surface area contributed by atoms with Crippen LogP contribution >= 0.6 is 15.9 Å². The monoisotopic (exact) mass is 342 g/mol. The molecule has 0 aliphatic heterocycles. The molecule has 0 saturated heterocycles. The number of hydrogen-bond donors (Lipinski definition) is 1. The SMILES string of the molecule is Cc1c(Br)cccc1-c1nn(C)c(N)c1-c1cccnc1. The normalized spacial score (nSPS) is 10.8. The van der Waals surface area contributed by atoms with Crippen molar-refractivity contribution in [2.75, 3.05) is 5.73 Å². The van der Waals surface area contributed by atoms with Crippen molar-refractivity contribution in [3.05, 3.63) is 52.8 Å². The van der Waals surface area contributed by atoms with Crippen LogP contribution in [0.5, 0.6) is 0 Å². The maximum absolute atomic E-state index is 6.22. The second kappa shape index (κ2) is 5.33. The maximum Gasteiger partial charge on any atom is 0.129 e. The zero-order valence-electron chi connectivity index (χ0n) is 11.8. The van der Waals surface area contributed by atoms with E-state index in [0.717, 1.165) is 32.4 Å². The molecule has 2 N–H and O–H groups in total. The molecule has 0 aliphatic rings. The number of nitrogens with two attached hydrogens (primary N) is 1. The molecule has 0 unspecified atom stereocenters. The van der Waals surface area contributed by atoms with E-state index in [-0.39, 0.29) is 0 Å². The Labute approximate surface area is 131 Å². The molecule has 0 saturated carbocycles. The van der Waals surface area contributed by atoms with Crippen LogP contribution in [0.25, 0.3) is 22.4 Å². The number of pyridine rings is 1. The van der Waals surface area contributed by atoms with E-state index in [1.807, 2.05) is 37.5 Å². The van der Waals surface area contributed by atoms with Gasteiger partial charge in [-0.2, -0.15) is 5.10 Å². The average molecular weight is 343 g/mol. The Morgan fingerprint density at radius 2 is 2.00 bits per heavy atom. The van der Waals surface area contributed by atoms with Crippen molar-refractivity contribution in [2.45, 2.75) is 6.92 Å². The molecule has 0 amide bonds. The summed E-state index contributed by atoms with van der Waals surface area (Å²) in [5.41, 5.74) is 11.2. The predicted octanol–water partition coefficient (Wildman–Crippen LogP) is 3.80. The highest BCUT2D eigenvalue weighted by Crippen LogP contribution is 2.38. The fraction of sp³-hybridized carbons (Fsp3) is 0.125. The molecule has 2 aromatic heterocycles. The molecule has 4 nitrogen and oxygen atoms in total. The Morgan fingerprint density at radius 1 is 1.19 bits per heavy atom. The van der Waals surface area contributed by atoms with Crippen molar-refractivity contribution in [3.63, 3.8) is 0 Å². The molecular weight excluding hydrogens is 328 g/mol. The van der Waals surface area contributed by atoms with Gasteiger partial charge in [-0.05, 0) is 24.6 Å². The van der Waals surface area contributed by atoms with Crippen LogP contribution in [-0.4, -0.2) is 14.8 Å². The second-order valence-electron chi connectivity index (χ2n) is 4.89. The molecule has 0 spiro atoms. The van der Waals surface area contributed by atoms with Gasteiger partial charge in [0.05, 0.1) is 5.56 Å². The van der Waals surface area contributed by atoms with Gasteiger partial charge in [0.2, 0.25) is 0 Å². The molecular formula is C16H15BrN4. The molecule has 2 heterocycles. The third kappa shape index (κ3) is 2.34. The van der Waals surface area contributed by atoms with Crippen LogP contribution in [0, 0.1) is 6.92 Å². The number of hydrogen-bond acceptors (Lipinski definition) is 3. The van der Waals surface area contributed by atoms with Gasteiger partial charge in [-0.1, -0.05) is 34.1 Å². The first-order chi connectivity index (χ1) is 10.1. The standard InChI is InChI=1S/C16H15BrN4/c1-10-12(6-3-7-13(10)17)15-14(16(18)21(2)20-15)11-5-4-8-19-9-11/h3-9H,18H2,1-2H3. The van der Waals surface area contributed by atoms with Gasteiger partial charge in [0.15, 0.2) is 0 Å². The summed E-state index contributed by atoms with van der Waals surface area (Å²) in [6.07, 6.45) is 3.56. The Morgan fingerprint density at radius 3 is 2.71 bits per heavy atom. The first kappa shape index (κ1) is 13.8. The number of aromatic nitrogens is 3. The first-order valence-corrected chi connectivity index (χ1v) is 7.37. The van der Waals surface area contributed by atoms with E-state index in [1.165, 1.54) is 0 Å². The lowest BCUT2D eigenvalue weighted by molar-refractivity contribution is 0.782. The van der Waals surface area contributed by atoms with Crippen LogP contribution in [0.1, 0.15) is 5.56 Å². The van der Waals surface area contributed by atoms with Gasteiger partial charge in [0, 0.05) is 35.0 Å². The first-order valence-electron chi connectivity index (χ1n) is 6.58. The highest BCUT2D eigenvalue weighted by Gasteiger charge is 2.19. The third-order valence-corrected chi connectivity index (χ3v) is 4.42. The van der Waals surface area contributed by atoms with Crippen LogP contribution in [0.3, 0.4) is 0 Å². The van der Waals surface area contributed by atoms with Crippen LogP contribution in [0.4, 0.5) is 5.82 Å². The minimum atomic E-state index is 0.636. The fourth-order valence-corrected chi connectivity index (χ4v) is 2.75. The van der Waals surface area contributed by atoms with E-state index in [4.69, 9.17) is 5.73 Å². The minimum absolute atomic E-state index is 0.636. The summed E-state index contributed by atoms with van der Waals surface area (Å²) in [5, 5.41) is 4.60. The summed E-state index contributed by atoms with van der Waals surface area (Å²) in [6.45, 7) is 2.07. The molecule has 106 valence electrons. The summed E-state index contributed by atoms with van der Waals surface area (Å²) in [6, 6.07) is 9.98. The van der Waals surface area contributed by atoms with E-state index in [1.54, 1.807) is 10.9 Å². The summed E-state index contributed by atoms with van der Waals surface area (Å²) >= 11 is 3.57. The lowest BCUT2D eigenvalue weighted by Crippen LogP contribution is -1.98. The van der Waals surface area contributed by atoms with Gasteiger partial charge in [0.25, 0.3) is 0 Å². The lowest BCUT2D eigenvalue weighted by Gasteiger charge is -2.08. The van der Waals surface area contributed by atoms with Crippen molar-refractivity contribution in [2.24, 2.45) is 7.05 Å². The molecule has 0 aliphatic carbocycles. The molecule has 0 fully saturated rings. The number of anilines is 1. The van der Waals surface area contributed by atoms with E-state index in [9.17, 15) is 0 Å². The molecule has 1 aromatic carbocycles. The molecule has 3 aromatic rings. The van der Waals surface area contributed by atoms with Crippen molar-refractivity contribution in [1.82, 2.24) is 14.8 Å². The van der Waals surface area contributed by atoms with E-state index >= 15 is 0 Å². The number of benzene rings is 1. The number of nitrogen functional groups attached to an aromatic ring is 1. The van der Waals surface area contributed by atoms with Crippen molar-refractivity contribution in [3.8, 4) is 22.4 Å². The Kier molecular flexibility index (Phi) is 3.51. The van der Waals surface area contributed by atoms with E-state index in [0.29, 0.717) is 5.82 Å². The maximum atomic E-state index is 6.22. The topological polar surface area (TPSA) is 56.7 Å². The quantitative estimate of drug-likeness (QED) is 0.770. The number of halogens is 1. The van der Waals surface area contributed by atoms with Crippen LogP contribution < -0.4 is 5.73 Å². The van der Waals surface area contributed by atoms with Gasteiger partial charge in [0.1, 0.15) is 11.5 Å². The molecule has 3 rings (SSSR count). The largest absolute Gasteiger partial charge is 0.383 e. The van der Waals surface area contributed by atoms with Crippen molar-refractivity contribution in [1.29, 1.82) is 0 Å². The highest BCUT2D eigenvalue weighted by molar-refractivity contribution is 9.10. The third-order valence-electron chi connectivity index (χ3n) is 3.56. The zero-order valence-corrected chi connectivity index (χ0v) is 13.4. The van der Waals surface area contributed by atoms with Gasteiger partial charge in [-0.25, -0.2) is 0 Å². The highest BCUT2D eigenvalue weighted by atomic mass is 79.9. The molecule has 0 bridgehead atoms. The molecule has 0 radical (unpaired) electrons. The van der Waals surface area contributed by atoms with Gasteiger partial charge < -0.3 is 5.73 Å². The van der Waals surface area contributed by atoms with Gasteiger partial charge in [-0.3, -0.25) is 9.67 Å². The Hall–Kier alpha value is -2.14.